The highest BCUT2D eigenvalue weighted by Crippen LogP contribution is 2.21. The zero-order valence-corrected chi connectivity index (χ0v) is 15.6. The van der Waals surface area contributed by atoms with Crippen molar-refractivity contribution in [1.82, 2.24) is 14.9 Å². The molecule has 0 spiro atoms. The van der Waals surface area contributed by atoms with Crippen LogP contribution in [-0.2, 0) is 6.54 Å². The number of hydrogen-bond donors (Lipinski definition) is 1. The lowest BCUT2D eigenvalue weighted by molar-refractivity contribution is 0.0952. The lowest BCUT2D eigenvalue weighted by atomic mass is 10.2. The summed E-state index contributed by atoms with van der Waals surface area (Å²) in [6.07, 6.45) is 0.825. The molecule has 3 rings (SSSR count). The Bertz CT molecular complexity index is 891. The van der Waals surface area contributed by atoms with Crippen molar-refractivity contribution in [2.24, 2.45) is 0 Å². The number of imidazole rings is 1. The second-order valence-corrected chi connectivity index (χ2v) is 6.82. The van der Waals surface area contributed by atoms with Crippen molar-refractivity contribution >= 4 is 44.5 Å². The van der Waals surface area contributed by atoms with Crippen molar-refractivity contribution in [2.75, 3.05) is 6.54 Å². The number of para-hydroxylation sites is 2. The smallest absolute Gasteiger partial charge is 0.252 e. The first-order valence-electron chi connectivity index (χ1n) is 7.71. The van der Waals surface area contributed by atoms with Crippen molar-refractivity contribution < 1.29 is 4.79 Å². The van der Waals surface area contributed by atoms with Crippen LogP contribution < -0.4 is 5.32 Å². The molecule has 3 aromatic rings. The summed E-state index contributed by atoms with van der Waals surface area (Å²) >= 11 is 9.33. The van der Waals surface area contributed by atoms with Crippen LogP contribution in [0.15, 0.2) is 46.9 Å². The third kappa shape index (κ3) is 3.62. The van der Waals surface area contributed by atoms with Gasteiger partial charge in [-0.05, 0) is 59.6 Å². The van der Waals surface area contributed by atoms with Gasteiger partial charge in [0.25, 0.3) is 5.91 Å². The Balaban J connectivity index is 1.60. The molecule has 24 heavy (non-hydrogen) atoms. The molecular weight excluding hydrogens is 390 g/mol. The highest BCUT2D eigenvalue weighted by atomic mass is 79.9. The van der Waals surface area contributed by atoms with E-state index in [1.807, 2.05) is 25.1 Å². The van der Waals surface area contributed by atoms with E-state index >= 15 is 0 Å². The van der Waals surface area contributed by atoms with E-state index in [1.165, 1.54) is 0 Å². The molecule has 124 valence electrons. The molecule has 0 bridgehead atoms. The summed E-state index contributed by atoms with van der Waals surface area (Å²) in [6.45, 7) is 3.40. The number of aryl methyl sites for hydroxylation is 2. The summed E-state index contributed by atoms with van der Waals surface area (Å²) in [5, 5.41) is 3.48. The summed E-state index contributed by atoms with van der Waals surface area (Å²) in [5.74, 6) is 0.858. The fraction of sp³-hybridized carbons (Fsp3) is 0.222. The molecule has 2 aromatic carbocycles. The Morgan fingerprint density at radius 2 is 2.08 bits per heavy atom. The average Bonchev–Trinajstić information content (AvgIpc) is 2.89. The first kappa shape index (κ1) is 17.0. The molecule has 0 atom stereocenters. The normalized spacial score (nSPS) is 11.0. The first-order valence-corrected chi connectivity index (χ1v) is 8.88. The number of amides is 1. The third-order valence-electron chi connectivity index (χ3n) is 3.86. The fourth-order valence-electron chi connectivity index (χ4n) is 2.68. The van der Waals surface area contributed by atoms with E-state index < -0.39 is 0 Å². The number of hydrogen-bond acceptors (Lipinski definition) is 2. The summed E-state index contributed by atoms with van der Waals surface area (Å²) < 4.78 is 2.91. The molecule has 0 aliphatic rings. The number of carbonyl (C=O) groups is 1. The van der Waals surface area contributed by atoms with Crippen molar-refractivity contribution in [3.05, 3.63) is 63.3 Å². The average molecular weight is 407 g/mol. The minimum Gasteiger partial charge on any atom is -0.352 e. The van der Waals surface area contributed by atoms with Crippen LogP contribution in [0.1, 0.15) is 22.6 Å². The second-order valence-electron chi connectivity index (χ2n) is 5.53. The van der Waals surface area contributed by atoms with Crippen LogP contribution in [-0.4, -0.2) is 22.0 Å². The van der Waals surface area contributed by atoms with E-state index in [0.717, 1.165) is 34.3 Å². The van der Waals surface area contributed by atoms with Crippen LogP contribution in [0.3, 0.4) is 0 Å². The quantitative estimate of drug-likeness (QED) is 0.630. The van der Waals surface area contributed by atoms with Gasteiger partial charge in [-0.3, -0.25) is 4.79 Å². The van der Waals surface area contributed by atoms with Crippen LogP contribution in [0.5, 0.6) is 0 Å². The predicted molar refractivity (Wildman–Crippen MR) is 101 cm³/mol. The van der Waals surface area contributed by atoms with Crippen molar-refractivity contribution in [3.63, 3.8) is 0 Å². The van der Waals surface area contributed by atoms with E-state index in [-0.39, 0.29) is 5.91 Å². The van der Waals surface area contributed by atoms with E-state index in [9.17, 15) is 4.79 Å². The highest BCUT2D eigenvalue weighted by Gasteiger charge is 2.10. The maximum absolute atomic E-state index is 12.2. The second kappa shape index (κ2) is 7.36. The Hall–Kier alpha value is -1.85. The van der Waals surface area contributed by atoms with Gasteiger partial charge < -0.3 is 9.88 Å². The van der Waals surface area contributed by atoms with E-state index in [4.69, 9.17) is 11.6 Å². The minimum atomic E-state index is -0.128. The molecule has 0 fully saturated rings. The van der Waals surface area contributed by atoms with Gasteiger partial charge in [0.1, 0.15) is 5.82 Å². The van der Waals surface area contributed by atoms with Crippen LogP contribution in [0.2, 0.25) is 5.02 Å². The Morgan fingerprint density at radius 3 is 2.92 bits per heavy atom. The van der Waals surface area contributed by atoms with Gasteiger partial charge in [0.05, 0.1) is 16.6 Å². The Labute approximate surface area is 154 Å². The lowest BCUT2D eigenvalue weighted by Crippen LogP contribution is -2.25. The molecule has 1 amide bonds. The SMILES string of the molecule is Cc1nc2ccccc2n1CCCNC(=O)c1cc(Cl)ccc1Br. The highest BCUT2D eigenvalue weighted by molar-refractivity contribution is 9.10. The van der Waals surface area contributed by atoms with Crippen LogP contribution >= 0.6 is 27.5 Å². The zero-order chi connectivity index (χ0) is 17.1. The van der Waals surface area contributed by atoms with Crippen molar-refractivity contribution in [1.29, 1.82) is 0 Å². The van der Waals surface area contributed by atoms with Crippen LogP contribution in [0.4, 0.5) is 0 Å². The number of halogens is 2. The molecule has 0 radical (unpaired) electrons. The minimum absolute atomic E-state index is 0.128. The molecule has 1 heterocycles. The third-order valence-corrected chi connectivity index (χ3v) is 4.79. The van der Waals surface area contributed by atoms with Crippen molar-refractivity contribution in [3.8, 4) is 0 Å². The van der Waals surface area contributed by atoms with Crippen LogP contribution in [0, 0.1) is 6.92 Å². The molecule has 0 aliphatic heterocycles. The maximum atomic E-state index is 12.2. The monoisotopic (exact) mass is 405 g/mol. The largest absolute Gasteiger partial charge is 0.352 e. The molecule has 0 unspecified atom stereocenters. The number of nitrogens with zero attached hydrogens (tertiary/aromatic N) is 2. The molecule has 0 aliphatic carbocycles. The van der Waals surface area contributed by atoms with E-state index in [2.05, 4.69) is 36.9 Å². The van der Waals surface area contributed by atoms with Gasteiger partial charge in [0.15, 0.2) is 0 Å². The van der Waals surface area contributed by atoms with E-state index in [1.54, 1.807) is 18.2 Å². The van der Waals surface area contributed by atoms with Crippen molar-refractivity contribution in [2.45, 2.75) is 19.9 Å². The molecular formula is C18H17BrClN3O. The maximum Gasteiger partial charge on any atom is 0.252 e. The summed E-state index contributed by atoms with van der Waals surface area (Å²) in [7, 11) is 0. The zero-order valence-electron chi connectivity index (χ0n) is 13.2. The molecule has 1 aromatic heterocycles. The lowest BCUT2D eigenvalue weighted by Gasteiger charge is -2.09. The van der Waals surface area contributed by atoms with Gasteiger partial charge in [-0.15, -0.1) is 0 Å². The first-order chi connectivity index (χ1) is 11.6. The summed E-state index contributed by atoms with van der Waals surface area (Å²) in [5.41, 5.74) is 2.67. The van der Waals surface area contributed by atoms with E-state index in [0.29, 0.717) is 17.1 Å². The van der Waals surface area contributed by atoms with Gasteiger partial charge in [-0.2, -0.15) is 0 Å². The molecule has 1 N–H and O–H groups in total. The molecule has 0 saturated heterocycles. The molecule has 4 nitrogen and oxygen atoms in total. The number of carbonyl (C=O) groups excluding carboxylic acids is 1. The standard InChI is InChI=1S/C18H17BrClN3O/c1-12-22-16-5-2-3-6-17(16)23(12)10-4-9-21-18(24)14-11-13(20)7-8-15(14)19/h2-3,5-8,11H,4,9-10H2,1H3,(H,21,24). The van der Waals surface area contributed by atoms with Gasteiger partial charge in [-0.25, -0.2) is 4.98 Å². The number of aromatic nitrogens is 2. The molecule has 0 saturated carbocycles. The Kier molecular flexibility index (Phi) is 5.21. The summed E-state index contributed by atoms with van der Waals surface area (Å²) in [4.78, 5) is 16.8. The van der Waals surface area contributed by atoms with Gasteiger partial charge in [0, 0.05) is 22.6 Å². The van der Waals surface area contributed by atoms with Gasteiger partial charge in [-0.1, -0.05) is 23.7 Å². The number of rotatable bonds is 5. The van der Waals surface area contributed by atoms with Gasteiger partial charge in [0.2, 0.25) is 0 Å². The number of benzene rings is 2. The topological polar surface area (TPSA) is 46.9 Å². The number of nitrogens with one attached hydrogen (secondary N) is 1. The fourth-order valence-corrected chi connectivity index (χ4v) is 3.28. The predicted octanol–water partition coefficient (Wildman–Crippen LogP) is 4.58. The summed E-state index contributed by atoms with van der Waals surface area (Å²) in [6, 6.07) is 13.3. The van der Waals surface area contributed by atoms with Crippen LogP contribution in [0.25, 0.3) is 11.0 Å². The molecule has 6 heteroatoms. The number of fused-ring (bicyclic) bond motifs is 1. The van der Waals surface area contributed by atoms with Gasteiger partial charge >= 0.3 is 0 Å². The Morgan fingerprint density at radius 1 is 1.29 bits per heavy atom.